The van der Waals surface area contributed by atoms with Crippen molar-refractivity contribution in [1.29, 1.82) is 0 Å². The number of aromatic hydroxyl groups is 12. The summed E-state index contributed by atoms with van der Waals surface area (Å²) in [6.45, 7) is -0.373. The van der Waals surface area contributed by atoms with Gasteiger partial charge in [-0.05, 0) is 67.9 Å². The fraction of sp³-hybridized carbons (Fsp3) is 0.147. The van der Waals surface area contributed by atoms with E-state index in [1.807, 2.05) is 0 Å². The highest BCUT2D eigenvalue weighted by atomic mass is 16.4. The third-order valence-corrected chi connectivity index (χ3v) is 8.27. The van der Waals surface area contributed by atoms with E-state index in [-0.39, 0.29) is 6.54 Å². The number of hydrogen-bond acceptors (Lipinski definition) is 18. The lowest BCUT2D eigenvalue weighted by molar-refractivity contribution is -0.148. The molecule has 0 saturated heterocycles. The first-order valence-electron chi connectivity index (χ1n) is 15.1. The van der Waals surface area contributed by atoms with Crippen LogP contribution in [0.25, 0.3) is 0 Å². The number of nitrogens with two attached hydrogens (primary N) is 1. The van der Waals surface area contributed by atoms with Crippen LogP contribution in [-0.4, -0.2) is 113 Å². The van der Waals surface area contributed by atoms with E-state index < -0.39 is 150 Å². The van der Waals surface area contributed by atoms with Crippen LogP contribution in [0, 0.1) is 5.92 Å². The van der Waals surface area contributed by atoms with Crippen molar-refractivity contribution in [2.24, 2.45) is 11.7 Å². The molecule has 0 saturated carbocycles. The Labute approximate surface area is 300 Å². The third-order valence-electron chi connectivity index (χ3n) is 8.27. The average Bonchev–Trinajstić information content (AvgIpc) is 3.11. The summed E-state index contributed by atoms with van der Waals surface area (Å²) in [6, 6.07) is 3.36. The maximum Gasteiger partial charge on any atom is 0.339 e. The van der Waals surface area contributed by atoms with Crippen molar-refractivity contribution < 1.29 is 90.4 Å². The monoisotopic (exact) mass is 754 g/mol. The number of carbonyl (C=O) groups excluding carboxylic acids is 4. The minimum absolute atomic E-state index is 0.373. The molecule has 284 valence electrons. The first-order valence-corrected chi connectivity index (χ1v) is 15.1. The summed E-state index contributed by atoms with van der Waals surface area (Å²) in [4.78, 5) is 72.1. The lowest BCUT2D eigenvalue weighted by Crippen LogP contribution is -2.69. The number of phenolic OH excluding ortho intramolecular Hbond substituents is 12. The SMILES string of the molecule is NCCCC(C(=O)c1cc(O)c(O)c(O)c1)[C@](C(=O)O)(C(=O)c1cc(O)c(O)c(O)c1)N(C(=O)c1cc(O)c(O)c(O)c1)C(=O)c1cc(O)c(O)c(O)c1. The van der Waals surface area contributed by atoms with Crippen molar-refractivity contribution in [3.05, 3.63) is 70.8 Å². The van der Waals surface area contributed by atoms with Crippen molar-refractivity contribution in [3.8, 4) is 69.0 Å². The first kappa shape index (κ1) is 39.2. The van der Waals surface area contributed by atoms with E-state index in [1.54, 1.807) is 0 Å². The van der Waals surface area contributed by atoms with E-state index >= 15 is 0 Å². The van der Waals surface area contributed by atoms with Gasteiger partial charge in [0.2, 0.25) is 11.3 Å². The van der Waals surface area contributed by atoms with Crippen molar-refractivity contribution in [2.45, 2.75) is 18.4 Å². The molecule has 0 aliphatic carbocycles. The number of aliphatic carboxylic acids is 1. The zero-order chi connectivity index (χ0) is 40.6. The molecule has 20 heteroatoms. The van der Waals surface area contributed by atoms with Crippen LogP contribution in [0.4, 0.5) is 0 Å². The van der Waals surface area contributed by atoms with Crippen molar-refractivity contribution in [2.75, 3.05) is 6.54 Å². The molecular formula is C34H30N2O18. The van der Waals surface area contributed by atoms with Crippen LogP contribution in [0.15, 0.2) is 48.5 Å². The second kappa shape index (κ2) is 14.6. The number of carbonyl (C=O) groups is 5. The zero-order valence-electron chi connectivity index (χ0n) is 27.2. The fourth-order valence-electron chi connectivity index (χ4n) is 5.64. The molecule has 0 radical (unpaired) electrons. The molecule has 0 aromatic heterocycles. The van der Waals surface area contributed by atoms with Gasteiger partial charge in [-0.2, -0.15) is 0 Å². The molecule has 0 fully saturated rings. The Kier molecular flexibility index (Phi) is 10.6. The largest absolute Gasteiger partial charge is 0.504 e. The van der Waals surface area contributed by atoms with E-state index in [1.165, 1.54) is 0 Å². The number of amides is 2. The van der Waals surface area contributed by atoms with Crippen molar-refractivity contribution >= 4 is 29.4 Å². The Hall–Kier alpha value is -7.61. The van der Waals surface area contributed by atoms with Crippen LogP contribution in [0.1, 0.15) is 54.3 Å². The number of benzene rings is 4. The summed E-state index contributed by atoms with van der Waals surface area (Å²) in [6.07, 6.45) is -1.28. The van der Waals surface area contributed by atoms with Gasteiger partial charge in [0.15, 0.2) is 74.8 Å². The van der Waals surface area contributed by atoms with Crippen LogP contribution in [-0.2, 0) is 4.79 Å². The number of imide groups is 1. The van der Waals surface area contributed by atoms with Gasteiger partial charge in [0, 0.05) is 22.3 Å². The van der Waals surface area contributed by atoms with Gasteiger partial charge in [-0.15, -0.1) is 0 Å². The average molecular weight is 755 g/mol. The van der Waals surface area contributed by atoms with Gasteiger partial charge in [0.25, 0.3) is 11.8 Å². The Morgan fingerprint density at radius 3 is 1.11 bits per heavy atom. The van der Waals surface area contributed by atoms with Crippen LogP contribution < -0.4 is 5.73 Å². The summed E-state index contributed by atoms with van der Waals surface area (Å²) in [5.74, 6) is -27.2. The fourth-order valence-corrected chi connectivity index (χ4v) is 5.64. The summed E-state index contributed by atoms with van der Waals surface area (Å²) in [7, 11) is 0. The van der Waals surface area contributed by atoms with E-state index in [9.17, 15) is 90.4 Å². The Morgan fingerprint density at radius 2 is 0.815 bits per heavy atom. The number of rotatable bonds is 12. The maximum absolute atomic E-state index is 14.9. The second-order valence-electron chi connectivity index (χ2n) is 11.6. The van der Waals surface area contributed by atoms with Crippen molar-refractivity contribution in [3.63, 3.8) is 0 Å². The predicted molar refractivity (Wildman–Crippen MR) is 177 cm³/mol. The van der Waals surface area contributed by atoms with Crippen molar-refractivity contribution in [1.82, 2.24) is 4.90 Å². The number of Topliss-reactive ketones (excluding diaryl/α,β-unsaturated/α-hetero) is 2. The Bertz CT molecular complexity index is 2070. The third kappa shape index (κ3) is 6.62. The number of carboxylic acid groups (broad SMARTS) is 1. The number of phenols is 12. The Balaban J connectivity index is 2.26. The highest BCUT2D eigenvalue weighted by molar-refractivity contribution is 6.27. The van der Waals surface area contributed by atoms with Crippen LogP contribution in [0.5, 0.6) is 69.0 Å². The highest BCUT2D eigenvalue weighted by Crippen LogP contribution is 2.45. The topological polar surface area (TPSA) is 378 Å². The van der Waals surface area contributed by atoms with Crippen LogP contribution in [0.3, 0.4) is 0 Å². The maximum atomic E-state index is 14.9. The van der Waals surface area contributed by atoms with E-state index in [2.05, 4.69) is 0 Å². The Morgan fingerprint density at radius 1 is 0.519 bits per heavy atom. The molecule has 4 rings (SSSR count). The number of hydrogen-bond donors (Lipinski definition) is 14. The molecule has 0 bridgehead atoms. The molecule has 4 aromatic rings. The molecule has 0 spiro atoms. The lowest BCUT2D eigenvalue weighted by Gasteiger charge is -2.42. The molecule has 4 aromatic carbocycles. The van der Waals surface area contributed by atoms with Gasteiger partial charge in [-0.1, -0.05) is 0 Å². The van der Waals surface area contributed by atoms with Gasteiger partial charge in [0.05, 0.1) is 5.92 Å². The lowest BCUT2D eigenvalue weighted by atomic mass is 9.70. The van der Waals surface area contributed by atoms with Gasteiger partial charge < -0.3 is 72.1 Å². The molecule has 54 heavy (non-hydrogen) atoms. The molecule has 15 N–H and O–H groups in total. The molecule has 0 aliphatic rings. The van der Waals surface area contributed by atoms with Crippen LogP contribution in [0.2, 0.25) is 0 Å². The highest BCUT2D eigenvalue weighted by Gasteiger charge is 2.63. The normalized spacial score (nSPS) is 12.7. The molecule has 1 unspecified atom stereocenters. The number of carboxylic acids is 1. The quantitative estimate of drug-likeness (QED) is 0.0420. The molecule has 0 aliphatic heterocycles. The second-order valence-corrected chi connectivity index (χ2v) is 11.6. The van der Waals surface area contributed by atoms with E-state index in [0.717, 1.165) is 0 Å². The molecular weight excluding hydrogens is 724 g/mol. The summed E-state index contributed by atoms with van der Waals surface area (Å²) < 4.78 is 0. The first-order chi connectivity index (χ1) is 25.2. The van der Waals surface area contributed by atoms with Gasteiger partial charge in [0.1, 0.15) is 0 Å². The van der Waals surface area contributed by atoms with Crippen LogP contribution >= 0.6 is 0 Å². The molecule has 2 atom stereocenters. The minimum atomic E-state index is -4.02. The van der Waals surface area contributed by atoms with Gasteiger partial charge >= 0.3 is 5.97 Å². The molecule has 20 nitrogen and oxygen atoms in total. The van der Waals surface area contributed by atoms with E-state index in [4.69, 9.17) is 5.73 Å². The number of ketones is 2. The van der Waals surface area contributed by atoms with Gasteiger partial charge in [-0.25, -0.2) is 9.69 Å². The standard InChI is InChI=1S/C34H30N2O18/c35-3-1-2-16(25(45)12-4-17(37)26(46)18(38)5-12)34(33(53)54,30(50)13-6-19(39)27(47)20(40)7-13)36(31(51)14-8-21(41)28(48)22(42)9-14)32(52)15-10-23(43)29(49)24(44)11-15/h4-11,16,37-44,46-49H,1-3,35H2,(H,53,54)/t16?,34-/m1/s1. The zero-order valence-corrected chi connectivity index (χ0v) is 27.2. The number of nitrogens with zero attached hydrogens (tertiary/aromatic N) is 1. The van der Waals surface area contributed by atoms with Gasteiger partial charge in [-0.3, -0.25) is 19.2 Å². The van der Waals surface area contributed by atoms with E-state index in [0.29, 0.717) is 48.5 Å². The summed E-state index contributed by atoms with van der Waals surface area (Å²) in [5, 5.41) is 133. The smallest absolute Gasteiger partial charge is 0.339 e. The summed E-state index contributed by atoms with van der Waals surface area (Å²) in [5.41, 5.74) is -2.45. The minimum Gasteiger partial charge on any atom is -0.504 e. The molecule has 0 heterocycles. The summed E-state index contributed by atoms with van der Waals surface area (Å²) >= 11 is 0. The molecule has 2 amide bonds. The predicted octanol–water partition coefficient (Wildman–Crippen LogP) is 1.38.